The first-order chi connectivity index (χ1) is 18.4. The molecule has 7 nitrogen and oxygen atoms in total. The minimum atomic E-state index is -0.741. The molecule has 1 aliphatic rings. The van der Waals surface area contributed by atoms with Crippen LogP contribution in [0.2, 0.25) is 10.0 Å². The predicted molar refractivity (Wildman–Crippen MR) is 145 cm³/mol. The smallest absolute Gasteiger partial charge is 0.258 e. The van der Waals surface area contributed by atoms with E-state index in [1.807, 2.05) is 12.1 Å². The van der Waals surface area contributed by atoms with Crippen molar-refractivity contribution in [3.63, 3.8) is 0 Å². The Labute approximate surface area is 229 Å². The Morgan fingerprint density at radius 2 is 1.74 bits per heavy atom. The van der Waals surface area contributed by atoms with Crippen molar-refractivity contribution in [3.05, 3.63) is 123 Å². The number of halogens is 2. The Hall–Kier alpha value is -4.07. The molecule has 2 aromatic carbocycles. The fourth-order valence-electron chi connectivity index (χ4n) is 4.47. The monoisotopic (exact) mass is 544 g/mol. The number of rotatable bonds is 6. The number of hydrogen-bond acceptors (Lipinski definition) is 5. The highest BCUT2D eigenvalue weighted by Crippen LogP contribution is 2.28. The van der Waals surface area contributed by atoms with Gasteiger partial charge in [-0.05, 0) is 65.7 Å². The van der Waals surface area contributed by atoms with E-state index in [1.165, 1.54) is 0 Å². The van der Waals surface area contributed by atoms with Gasteiger partial charge in [0.2, 0.25) is 0 Å². The number of ketones is 1. The molecule has 0 radical (unpaired) electrons. The number of carbonyl (C=O) groups excluding carboxylic acids is 3. The third-order valence-electron chi connectivity index (χ3n) is 6.34. The van der Waals surface area contributed by atoms with Crippen LogP contribution in [-0.4, -0.2) is 38.5 Å². The van der Waals surface area contributed by atoms with Gasteiger partial charge in [-0.25, -0.2) is 4.98 Å². The molecule has 1 N–H and O–H groups in total. The molecule has 2 amide bonds. The molecule has 3 heterocycles. The maximum absolute atomic E-state index is 13.8. The van der Waals surface area contributed by atoms with Crippen LogP contribution in [0.25, 0.3) is 0 Å². The van der Waals surface area contributed by atoms with Crippen LogP contribution in [0.15, 0.2) is 85.2 Å². The summed E-state index contributed by atoms with van der Waals surface area (Å²) in [5.41, 5.74) is 2.68. The van der Waals surface area contributed by atoms with Crippen molar-refractivity contribution in [2.75, 3.05) is 5.32 Å². The van der Waals surface area contributed by atoms with Gasteiger partial charge >= 0.3 is 0 Å². The predicted octanol–water partition coefficient (Wildman–Crippen LogP) is 5.41. The minimum Gasteiger partial charge on any atom is -0.324 e. The third kappa shape index (κ3) is 5.59. The molecule has 0 saturated carbocycles. The van der Waals surface area contributed by atoms with E-state index in [0.29, 0.717) is 33.2 Å². The standard InChI is InChI=1S/C29H22Cl2N4O3/c30-20-8-10-22-19(14-20)15-26(36)25(16-21-5-1-3-11-32-21)35(29(22)38)17-18-7-9-23(24(31)13-18)28(37)34-27-6-2-4-12-33-27/h1-14,25H,15-17H2,(H,33,34,37)/t25-/m1/s1. The van der Waals surface area contributed by atoms with Crippen LogP contribution in [0.4, 0.5) is 5.82 Å². The van der Waals surface area contributed by atoms with Crippen LogP contribution < -0.4 is 5.32 Å². The van der Waals surface area contributed by atoms with Gasteiger partial charge in [-0.3, -0.25) is 19.4 Å². The highest BCUT2D eigenvalue weighted by molar-refractivity contribution is 6.34. The van der Waals surface area contributed by atoms with Gasteiger partial charge < -0.3 is 10.2 Å². The zero-order valence-electron chi connectivity index (χ0n) is 20.1. The number of pyridine rings is 2. The van der Waals surface area contributed by atoms with Gasteiger partial charge in [-0.15, -0.1) is 0 Å². The van der Waals surface area contributed by atoms with E-state index in [-0.39, 0.29) is 41.7 Å². The zero-order chi connectivity index (χ0) is 26.6. The van der Waals surface area contributed by atoms with Crippen LogP contribution in [0.1, 0.15) is 37.5 Å². The number of hydrogen-bond donors (Lipinski definition) is 1. The number of nitrogens with zero attached hydrogens (tertiary/aromatic N) is 3. The molecular formula is C29H22Cl2N4O3. The van der Waals surface area contributed by atoms with E-state index in [0.717, 1.165) is 0 Å². The largest absolute Gasteiger partial charge is 0.324 e. The van der Waals surface area contributed by atoms with E-state index in [4.69, 9.17) is 23.2 Å². The summed E-state index contributed by atoms with van der Waals surface area (Å²) in [6.07, 6.45) is 3.59. The molecule has 0 spiro atoms. The van der Waals surface area contributed by atoms with E-state index in [2.05, 4.69) is 15.3 Å². The lowest BCUT2D eigenvalue weighted by atomic mass is 9.99. The number of Topliss-reactive ketones (excluding diaryl/α,β-unsaturated/α-hetero) is 1. The Kier molecular flexibility index (Phi) is 7.49. The van der Waals surface area contributed by atoms with Crippen molar-refractivity contribution in [1.29, 1.82) is 0 Å². The van der Waals surface area contributed by atoms with E-state index < -0.39 is 11.9 Å². The highest BCUT2D eigenvalue weighted by Gasteiger charge is 2.35. The van der Waals surface area contributed by atoms with Gasteiger partial charge in [0, 0.05) is 48.1 Å². The quantitative estimate of drug-likeness (QED) is 0.350. The molecule has 0 saturated heterocycles. The molecule has 5 rings (SSSR count). The van der Waals surface area contributed by atoms with Crippen molar-refractivity contribution in [1.82, 2.24) is 14.9 Å². The van der Waals surface area contributed by atoms with Crippen molar-refractivity contribution in [3.8, 4) is 0 Å². The number of anilines is 1. The Bertz CT molecular complexity index is 1510. The first kappa shape index (κ1) is 25.6. The van der Waals surface area contributed by atoms with Crippen LogP contribution in [0.3, 0.4) is 0 Å². The van der Waals surface area contributed by atoms with E-state index in [1.54, 1.807) is 78.0 Å². The minimum absolute atomic E-state index is 0.0863. The van der Waals surface area contributed by atoms with Crippen LogP contribution in [0.5, 0.6) is 0 Å². The molecule has 1 atom stereocenters. The molecular weight excluding hydrogens is 523 g/mol. The summed E-state index contributed by atoms with van der Waals surface area (Å²) in [7, 11) is 0. The fraction of sp³-hybridized carbons (Fsp3) is 0.138. The number of fused-ring (bicyclic) bond motifs is 1. The van der Waals surface area contributed by atoms with Crippen molar-refractivity contribution in [2.45, 2.75) is 25.4 Å². The van der Waals surface area contributed by atoms with Crippen molar-refractivity contribution in [2.24, 2.45) is 0 Å². The van der Waals surface area contributed by atoms with E-state index >= 15 is 0 Å². The first-order valence-electron chi connectivity index (χ1n) is 11.9. The summed E-state index contributed by atoms with van der Waals surface area (Å²) >= 11 is 12.7. The highest BCUT2D eigenvalue weighted by atomic mass is 35.5. The van der Waals surface area contributed by atoms with Gasteiger partial charge in [0.15, 0.2) is 5.78 Å². The Morgan fingerprint density at radius 1 is 0.947 bits per heavy atom. The zero-order valence-corrected chi connectivity index (χ0v) is 21.6. The van der Waals surface area contributed by atoms with Crippen molar-refractivity contribution >= 4 is 46.6 Å². The first-order valence-corrected chi connectivity index (χ1v) is 12.7. The van der Waals surface area contributed by atoms with Gasteiger partial charge in [0.25, 0.3) is 11.8 Å². The van der Waals surface area contributed by atoms with Crippen LogP contribution in [-0.2, 0) is 24.2 Å². The molecule has 190 valence electrons. The number of amides is 2. The van der Waals surface area contributed by atoms with Crippen molar-refractivity contribution < 1.29 is 14.4 Å². The summed E-state index contributed by atoms with van der Waals surface area (Å²) < 4.78 is 0. The third-order valence-corrected chi connectivity index (χ3v) is 6.89. The summed E-state index contributed by atoms with van der Waals surface area (Å²) in [6.45, 7) is 0.117. The number of aromatic nitrogens is 2. The molecule has 0 fully saturated rings. The van der Waals surface area contributed by atoms with Crippen LogP contribution in [0, 0.1) is 0 Å². The summed E-state index contributed by atoms with van der Waals surface area (Å²) in [6, 6.07) is 19.8. The SMILES string of the molecule is O=C(Nc1ccccn1)c1ccc(CN2C(=O)c3ccc(Cl)cc3CC(=O)[C@H]2Cc2ccccn2)cc1Cl. The number of benzene rings is 2. The lowest BCUT2D eigenvalue weighted by Gasteiger charge is -2.29. The second-order valence-electron chi connectivity index (χ2n) is 8.90. The molecule has 4 aromatic rings. The van der Waals surface area contributed by atoms with Gasteiger partial charge in [-0.1, -0.05) is 41.4 Å². The topological polar surface area (TPSA) is 92.3 Å². The van der Waals surface area contributed by atoms with E-state index in [9.17, 15) is 14.4 Å². The van der Waals surface area contributed by atoms with Gasteiger partial charge in [0.05, 0.1) is 16.6 Å². The molecule has 9 heteroatoms. The molecule has 1 aliphatic heterocycles. The summed E-state index contributed by atoms with van der Waals surface area (Å²) in [5, 5.41) is 3.39. The number of nitrogens with one attached hydrogen (secondary N) is 1. The maximum Gasteiger partial charge on any atom is 0.258 e. The summed E-state index contributed by atoms with van der Waals surface area (Å²) in [4.78, 5) is 50.0. The van der Waals surface area contributed by atoms with Gasteiger partial charge in [0.1, 0.15) is 5.82 Å². The second kappa shape index (κ2) is 11.1. The Balaban J connectivity index is 1.45. The second-order valence-corrected chi connectivity index (χ2v) is 9.75. The normalized spacial score (nSPS) is 15.1. The average Bonchev–Trinajstić information content (AvgIpc) is 2.99. The number of carbonyl (C=O) groups is 3. The lowest BCUT2D eigenvalue weighted by Crippen LogP contribution is -2.45. The molecule has 0 bridgehead atoms. The lowest BCUT2D eigenvalue weighted by molar-refractivity contribution is -0.122. The molecule has 38 heavy (non-hydrogen) atoms. The maximum atomic E-state index is 13.8. The fourth-order valence-corrected chi connectivity index (χ4v) is 4.96. The Morgan fingerprint density at radius 3 is 2.45 bits per heavy atom. The molecule has 0 unspecified atom stereocenters. The van der Waals surface area contributed by atoms with Crippen LogP contribution >= 0.6 is 23.2 Å². The average molecular weight is 545 g/mol. The molecule has 2 aromatic heterocycles. The molecule has 0 aliphatic carbocycles. The van der Waals surface area contributed by atoms with Gasteiger partial charge in [-0.2, -0.15) is 0 Å². The summed E-state index contributed by atoms with van der Waals surface area (Å²) in [5.74, 6) is -0.387.